The van der Waals surface area contributed by atoms with Crippen molar-refractivity contribution in [3.8, 4) is 6.07 Å². The van der Waals surface area contributed by atoms with E-state index in [0.29, 0.717) is 17.1 Å². The largest absolute Gasteiger partial charge is 0.476 e. The fourth-order valence-corrected chi connectivity index (χ4v) is 1.60. The molecule has 2 rings (SSSR count). The van der Waals surface area contributed by atoms with Crippen LogP contribution in [-0.4, -0.2) is 28.1 Å². The lowest BCUT2D eigenvalue weighted by atomic mass is 10.2. The van der Waals surface area contributed by atoms with Gasteiger partial charge in [0.15, 0.2) is 11.5 Å². The fraction of sp³-hybridized carbons (Fsp3) is 0.0769. The number of aromatic carboxylic acids is 1. The number of hydrogen-bond acceptors (Lipinski definition) is 5. The highest BCUT2D eigenvalue weighted by molar-refractivity contribution is 5.85. The van der Waals surface area contributed by atoms with E-state index in [0.717, 1.165) is 0 Å². The number of carboxylic acids is 1. The van der Waals surface area contributed by atoms with Crippen molar-refractivity contribution < 1.29 is 9.90 Å². The molecule has 6 nitrogen and oxygen atoms in total. The summed E-state index contributed by atoms with van der Waals surface area (Å²) < 4.78 is 0. The molecule has 94 valence electrons. The Hall–Kier alpha value is -2.94. The van der Waals surface area contributed by atoms with Crippen molar-refractivity contribution in [2.24, 2.45) is 0 Å². The zero-order valence-electron chi connectivity index (χ0n) is 10.1. The molecular formula is C13H10N4O2. The standard InChI is InChI=1S/C13H10N4O2/c1-17(11-5-3-2-4-9(11)6-14)12-8-15-7-10(16-12)13(18)19/h2-5,7-8H,1H3,(H,18,19). The third-order valence-corrected chi connectivity index (χ3v) is 2.57. The summed E-state index contributed by atoms with van der Waals surface area (Å²) in [6.45, 7) is 0. The number of carbonyl (C=O) groups is 1. The Bertz CT molecular complexity index is 664. The molecule has 1 aromatic heterocycles. The van der Waals surface area contributed by atoms with Gasteiger partial charge >= 0.3 is 5.97 Å². The van der Waals surface area contributed by atoms with E-state index in [1.165, 1.54) is 12.4 Å². The number of benzene rings is 1. The minimum Gasteiger partial charge on any atom is -0.476 e. The molecule has 6 heteroatoms. The molecule has 0 amide bonds. The Morgan fingerprint density at radius 1 is 1.37 bits per heavy atom. The Morgan fingerprint density at radius 2 is 2.11 bits per heavy atom. The summed E-state index contributed by atoms with van der Waals surface area (Å²) in [5.41, 5.74) is 0.980. The van der Waals surface area contributed by atoms with Crippen molar-refractivity contribution in [3.05, 3.63) is 47.9 Å². The molecule has 2 aromatic rings. The van der Waals surface area contributed by atoms with E-state index >= 15 is 0 Å². The molecule has 0 bridgehead atoms. The summed E-state index contributed by atoms with van der Waals surface area (Å²) in [4.78, 5) is 20.3. The number of hydrogen-bond donors (Lipinski definition) is 1. The normalized spacial score (nSPS) is 9.68. The van der Waals surface area contributed by atoms with Crippen molar-refractivity contribution >= 4 is 17.5 Å². The van der Waals surface area contributed by atoms with Crippen molar-refractivity contribution in [1.29, 1.82) is 5.26 Å². The van der Waals surface area contributed by atoms with Crippen LogP contribution in [0.15, 0.2) is 36.7 Å². The molecule has 0 aliphatic heterocycles. The fourth-order valence-electron chi connectivity index (χ4n) is 1.60. The van der Waals surface area contributed by atoms with Gasteiger partial charge in [0.2, 0.25) is 0 Å². The third-order valence-electron chi connectivity index (χ3n) is 2.57. The van der Waals surface area contributed by atoms with Crippen LogP contribution < -0.4 is 4.90 Å². The number of carboxylic acid groups (broad SMARTS) is 1. The molecule has 19 heavy (non-hydrogen) atoms. The first-order valence-electron chi connectivity index (χ1n) is 5.41. The van der Waals surface area contributed by atoms with Crippen LogP contribution in [0.1, 0.15) is 16.1 Å². The molecule has 0 spiro atoms. The van der Waals surface area contributed by atoms with Crippen LogP contribution in [-0.2, 0) is 0 Å². The molecule has 0 aliphatic carbocycles. The van der Waals surface area contributed by atoms with E-state index in [-0.39, 0.29) is 5.69 Å². The number of anilines is 2. The minimum atomic E-state index is -1.14. The highest BCUT2D eigenvalue weighted by Gasteiger charge is 2.12. The summed E-state index contributed by atoms with van der Waals surface area (Å²) in [5.74, 6) is -0.779. The molecule has 0 radical (unpaired) electrons. The maximum absolute atomic E-state index is 10.9. The van der Waals surface area contributed by atoms with Gasteiger partial charge in [0, 0.05) is 7.05 Å². The van der Waals surface area contributed by atoms with E-state index in [4.69, 9.17) is 10.4 Å². The van der Waals surface area contributed by atoms with Crippen molar-refractivity contribution in [2.75, 3.05) is 11.9 Å². The predicted octanol–water partition coefficient (Wildman–Crippen LogP) is 1.81. The first-order valence-corrected chi connectivity index (χ1v) is 5.41. The summed E-state index contributed by atoms with van der Waals surface area (Å²) in [7, 11) is 1.70. The molecule has 1 heterocycles. The van der Waals surface area contributed by atoms with Gasteiger partial charge in [-0.3, -0.25) is 4.98 Å². The van der Waals surface area contributed by atoms with Gasteiger partial charge < -0.3 is 10.0 Å². The quantitative estimate of drug-likeness (QED) is 0.898. The Labute approximate surface area is 109 Å². The van der Waals surface area contributed by atoms with Gasteiger partial charge in [0.1, 0.15) is 6.07 Å². The van der Waals surface area contributed by atoms with Crippen LogP contribution in [0.25, 0.3) is 0 Å². The van der Waals surface area contributed by atoms with Gasteiger partial charge in [-0.25, -0.2) is 9.78 Å². The third kappa shape index (κ3) is 2.50. The molecule has 0 saturated carbocycles. The molecule has 0 aliphatic rings. The van der Waals surface area contributed by atoms with Crippen LogP contribution in [0.5, 0.6) is 0 Å². The molecule has 0 unspecified atom stereocenters. The summed E-state index contributed by atoms with van der Waals surface area (Å²) in [6, 6.07) is 9.07. The van der Waals surface area contributed by atoms with Crippen LogP contribution in [0.4, 0.5) is 11.5 Å². The predicted molar refractivity (Wildman–Crippen MR) is 68.2 cm³/mol. The summed E-state index contributed by atoms with van der Waals surface area (Å²) >= 11 is 0. The highest BCUT2D eigenvalue weighted by atomic mass is 16.4. The molecule has 0 fully saturated rings. The van der Waals surface area contributed by atoms with E-state index in [2.05, 4.69) is 16.0 Å². The van der Waals surface area contributed by atoms with Gasteiger partial charge in [0.25, 0.3) is 0 Å². The second kappa shape index (κ2) is 5.14. The summed E-state index contributed by atoms with van der Waals surface area (Å²) in [6.07, 6.45) is 2.62. The van der Waals surface area contributed by atoms with Crippen LogP contribution >= 0.6 is 0 Å². The Kier molecular flexibility index (Phi) is 3.39. The second-order valence-corrected chi connectivity index (χ2v) is 3.76. The topological polar surface area (TPSA) is 90.1 Å². The molecular weight excluding hydrogens is 244 g/mol. The van der Waals surface area contributed by atoms with Gasteiger partial charge in [-0.2, -0.15) is 5.26 Å². The van der Waals surface area contributed by atoms with Gasteiger partial charge in [-0.1, -0.05) is 12.1 Å². The van der Waals surface area contributed by atoms with E-state index < -0.39 is 5.97 Å². The number of aromatic nitrogens is 2. The van der Waals surface area contributed by atoms with Crippen LogP contribution in [0.2, 0.25) is 0 Å². The Morgan fingerprint density at radius 3 is 2.79 bits per heavy atom. The first-order chi connectivity index (χ1) is 9.13. The van der Waals surface area contributed by atoms with E-state index in [1.54, 1.807) is 36.2 Å². The SMILES string of the molecule is CN(c1cncc(C(=O)O)n1)c1ccccc1C#N. The molecule has 0 saturated heterocycles. The second-order valence-electron chi connectivity index (χ2n) is 3.76. The number of para-hydroxylation sites is 1. The maximum Gasteiger partial charge on any atom is 0.356 e. The Balaban J connectivity index is 2.44. The highest BCUT2D eigenvalue weighted by Crippen LogP contribution is 2.24. The average molecular weight is 254 g/mol. The smallest absolute Gasteiger partial charge is 0.356 e. The number of rotatable bonds is 3. The number of nitrogens with zero attached hydrogens (tertiary/aromatic N) is 4. The van der Waals surface area contributed by atoms with Gasteiger partial charge in [-0.05, 0) is 12.1 Å². The minimum absolute atomic E-state index is 0.140. The maximum atomic E-state index is 10.9. The molecule has 1 N–H and O–H groups in total. The number of nitriles is 1. The zero-order valence-corrected chi connectivity index (χ0v) is 10.1. The van der Waals surface area contributed by atoms with E-state index in [1.807, 2.05) is 0 Å². The van der Waals surface area contributed by atoms with Crippen molar-refractivity contribution in [3.63, 3.8) is 0 Å². The van der Waals surface area contributed by atoms with Gasteiger partial charge in [-0.15, -0.1) is 0 Å². The first kappa shape index (κ1) is 12.5. The lowest BCUT2D eigenvalue weighted by Gasteiger charge is -2.19. The molecule has 0 atom stereocenters. The average Bonchev–Trinajstić information content (AvgIpc) is 2.46. The van der Waals surface area contributed by atoms with Crippen molar-refractivity contribution in [2.45, 2.75) is 0 Å². The van der Waals surface area contributed by atoms with Crippen LogP contribution in [0, 0.1) is 11.3 Å². The van der Waals surface area contributed by atoms with E-state index in [9.17, 15) is 4.79 Å². The van der Waals surface area contributed by atoms with Gasteiger partial charge in [0.05, 0.1) is 23.6 Å². The zero-order chi connectivity index (χ0) is 13.8. The molecule has 1 aromatic carbocycles. The van der Waals surface area contributed by atoms with Crippen molar-refractivity contribution in [1.82, 2.24) is 9.97 Å². The van der Waals surface area contributed by atoms with Crippen LogP contribution in [0.3, 0.4) is 0 Å². The summed E-state index contributed by atoms with van der Waals surface area (Å²) in [5, 5.41) is 17.9. The lowest BCUT2D eigenvalue weighted by molar-refractivity contribution is 0.0690. The lowest BCUT2D eigenvalue weighted by Crippen LogP contribution is -2.14. The monoisotopic (exact) mass is 254 g/mol.